The predicted octanol–water partition coefficient (Wildman–Crippen LogP) is 2.14. The third-order valence-electron chi connectivity index (χ3n) is 2.34. The van der Waals surface area contributed by atoms with Crippen LogP contribution in [0.2, 0.25) is 0 Å². The predicted molar refractivity (Wildman–Crippen MR) is 53.6 cm³/mol. The molecule has 0 radical (unpaired) electrons. The zero-order valence-electron chi connectivity index (χ0n) is 7.26. The number of nitrogens with zero attached hydrogens (tertiary/aromatic N) is 2. The molecule has 64 valence electrons. The summed E-state index contributed by atoms with van der Waals surface area (Å²) >= 11 is 3.57. The quantitative estimate of drug-likeness (QED) is 0.675. The summed E-state index contributed by atoms with van der Waals surface area (Å²) < 4.78 is 1.15. The number of fused-ring (bicyclic) bond motifs is 1. The van der Waals surface area contributed by atoms with Crippen LogP contribution in [0, 0.1) is 6.92 Å². The lowest BCUT2D eigenvalue weighted by molar-refractivity contribution is 0.954. The molecule has 12 heavy (non-hydrogen) atoms. The lowest BCUT2D eigenvalue weighted by Crippen LogP contribution is -2.13. The van der Waals surface area contributed by atoms with Crippen molar-refractivity contribution in [3.05, 3.63) is 21.9 Å². The summed E-state index contributed by atoms with van der Waals surface area (Å²) in [5.74, 6) is 0. The second kappa shape index (κ2) is 2.73. The molecule has 0 aromatic carbocycles. The molecule has 1 aliphatic heterocycles. The van der Waals surface area contributed by atoms with Gasteiger partial charge in [-0.1, -0.05) is 0 Å². The zero-order valence-corrected chi connectivity index (χ0v) is 8.85. The molecule has 1 aliphatic rings. The van der Waals surface area contributed by atoms with Gasteiger partial charge in [-0.2, -0.15) is 0 Å². The van der Waals surface area contributed by atoms with Crippen LogP contribution in [0.5, 0.6) is 0 Å². The average molecular weight is 227 g/mol. The van der Waals surface area contributed by atoms with Crippen molar-refractivity contribution in [2.75, 3.05) is 18.5 Å². The number of rotatable bonds is 0. The number of pyridine rings is 1. The third kappa shape index (κ3) is 1.04. The van der Waals surface area contributed by atoms with E-state index in [9.17, 15) is 0 Å². The van der Waals surface area contributed by atoms with Gasteiger partial charge in [-0.3, -0.25) is 4.98 Å². The molecule has 0 N–H and O–H groups in total. The number of hydrogen-bond donors (Lipinski definition) is 0. The van der Waals surface area contributed by atoms with Gasteiger partial charge in [-0.05, 0) is 34.8 Å². The maximum atomic E-state index is 4.31. The van der Waals surface area contributed by atoms with Crippen molar-refractivity contribution in [2.24, 2.45) is 0 Å². The van der Waals surface area contributed by atoms with Crippen molar-refractivity contribution in [3.63, 3.8) is 0 Å². The zero-order chi connectivity index (χ0) is 8.72. The van der Waals surface area contributed by atoms with E-state index >= 15 is 0 Å². The summed E-state index contributed by atoms with van der Waals surface area (Å²) in [6, 6.07) is 0. The summed E-state index contributed by atoms with van der Waals surface area (Å²) in [5.41, 5.74) is 3.75. The molecular weight excluding hydrogens is 216 g/mol. The molecule has 0 saturated heterocycles. The molecule has 0 bridgehead atoms. The summed E-state index contributed by atoms with van der Waals surface area (Å²) in [6.45, 7) is 3.13. The van der Waals surface area contributed by atoms with E-state index < -0.39 is 0 Å². The standard InChI is InChI=1S/C9H11BrN2/c1-6-8(10)9-7(5-11-6)3-4-12(9)2/h5H,3-4H2,1-2H3. The van der Waals surface area contributed by atoms with Gasteiger partial charge in [0.2, 0.25) is 0 Å². The Kier molecular flexibility index (Phi) is 1.83. The van der Waals surface area contributed by atoms with Crippen LogP contribution >= 0.6 is 15.9 Å². The van der Waals surface area contributed by atoms with E-state index in [1.165, 1.54) is 11.3 Å². The minimum absolute atomic E-state index is 1.07. The number of likely N-dealkylation sites (N-methyl/N-ethyl adjacent to an activating group) is 1. The van der Waals surface area contributed by atoms with Crippen LogP contribution in [0.3, 0.4) is 0 Å². The second-order valence-corrected chi connectivity index (χ2v) is 4.00. The topological polar surface area (TPSA) is 16.1 Å². The molecule has 0 unspecified atom stereocenters. The SMILES string of the molecule is Cc1ncc2c(c1Br)N(C)CC2. The summed E-state index contributed by atoms with van der Waals surface area (Å²) in [6.07, 6.45) is 3.11. The fraction of sp³-hybridized carbons (Fsp3) is 0.444. The molecule has 2 nitrogen and oxygen atoms in total. The molecular formula is C9H11BrN2. The molecule has 0 spiro atoms. The summed E-state index contributed by atoms with van der Waals surface area (Å²) in [4.78, 5) is 6.58. The lowest BCUT2D eigenvalue weighted by atomic mass is 10.2. The van der Waals surface area contributed by atoms with Crippen molar-refractivity contribution in [1.29, 1.82) is 0 Å². The molecule has 0 amide bonds. The molecule has 0 fully saturated rings. The van der Waals surface area contributed by atoms with Crippen LogP contribution in [0.15, 0.2) is 10.7 Å². The molecule has 2 rings (SSSR count). The summed E-state index contributed by atoms with van der Waals surface area (Å²) in [7, 11) is 2.12. The fourth-order valence-electron chi connectivity index (χ4n) is 1.60. The van der Waals surface area contributed by atoms with Gasteiger partial charge in [0.05, 0.1) is 15.9 Å². The number of hydrogen-bond acceptors (Lipinski definition) is 2. The molecule has 3 heteroatoms. The second-order valence-electron chi connectivity index (χ2n) is 3.20. The van der Waals surface area contributed by atoms with Crippen LogP contribution in [0.4, 0.5) is 5.69 Å². The van der Waals surface area contributed by atoms with Gasteiger partial charge in [0, 0.05) is 19.8 Å². The maximum absolute atomic E-state index is 4.31. The van der Waals surface area contributed by atoms with Gasteiger partial charge >= 0.3 is 0 Å². The first kappa shape index (κ1) is 8.05. The maximum Gasteiger partial charge on any atom is 0.0624 e. The van der Waals surface area contributed by atoms with E-state index in [2.05, 4.69) is 32.9 Å². The van der Waals surface area contributed by atoms with Gasteiger partial charge in [-0.25, -0.2) is 0 Å². The van der Waals surface area contributed by atoms with E-state index in [4.69, 9.17) is 0 Å². The van der Waals surface area contributed by atoms with Gasteiger partial charge < -0.3 is 4.90 Å². The van der Waals surface area contributed by atoms with Crippen LogP contribution < -0.4 is 4.90 Å². The molecule has 2 heterocycles. The van der Waals surface area contributed by atoms with E-state index in [1.54, 1.807) is 0 Å². The fourth-order valence-corrected chi connectivity index (χ4v) is 2.26. The smallest absolute Gasteiger partial charge is 0.0624 e. The molecule has 1 aromatic heterocycles. The normalized spacial score (nSPS) is 15.1. The highest BCUT2D eigenvalue weighted by atomic mass is 79.9. The highest BCUT2D eigenvalue weighted by Gasteiger charge is 2.19. The number of anilines is 1. The Morgan fingerprint density at radius 3 is 3.08 bits per heavy atom. The van der Waals surface area contributed by atoms with E-state index in [1.807, 2.05) is 13.1 Å². The number of aryl methyl sites for hydroxylation is 1. The first-order valence-corrected chi connectivity index (χ1v) is 4.84. The van der Waals surface area contributed by atoms with Crippen molar-refractivity contribution in [3.8, 4) is 0 Å². The van der Waals surface area contributed by atoms with Crippen LogP contribution in [-0.4, -0.2) is 18.6 Å². The van der Waals surface area contributed by atoms with Crippen molar-refractivity contribution in [2.45, 2.75) is 13.3 Å². The molecule has 0 aliphatic carbocycles. The van der Waals surface area contributed by atoms with Crippen LogP contribution in [0.25, 0.3) is 0 Å². The number of aromatic nitrogens is 1. The Labute approximate surface area is 80.7 Å². The molecule has 1 aromatic rings. The monoisotopic (exact) mass is 226 g/mol. The minimum atomic E-state index is 1.07. The molecule has 0 saturated carbocycles. The van der Waals surface area contributed by atoms with Crippen molar-refractivity contribution >= 4 is 21.6 Å². The average Bonchev–Trinajstić information content (AvgIpc) is 2.41. The van der Waals surface area contributed by atoms with Gasteiger partial charge in [-0.15, -0.1) is 0 Å². The van der Waals surface area contributed by atoms with Gasteiger partial charge in [0.15, 0.2) is 0 Å². The highest BCUT2D eigenvalue weighted by Crippen LogP contribution is 2.35. The molecule has 0 atom stereocenters. The third-order valence-corrected chi connectivity index (χ3v) is 3.29. The van der Waals surface area contributed by atoms with Gasteiger partial charge in [0.1, 0.15) is 0 Å². The Morgan fingerprint density at radius 1 is 1.58 bits per heavy atom. The minimum Gasteiger partial charge on any atom is -0.373 e. The van der Waals surface area contributed by atoms with E-state index in [0.717, 1.165) is 23.1 Å². The Balaban J connectivity index is 2.63. The highest BCUT2D eigenvalue weighted by molar-refractivity contribution is 9.10. The largest absolute Gasteiger partial charge is 0.373 e. The Morgan fingerprint density at radius 2 is 2.33 bits per heavy atom. The van der Waals surface area contributed by atoms with Gasteiger partial charge in [0.25, 0.3) is 0 Å². The number of halogens is 1. The van der Waals surface area contributed by atoms with Crippen LogP contribution in [-0.2, 0) is 6.42 Å². The first-order valence-electron chi connectivity index (χ1n) is 4.05. The first-order chi connectivity index (χ1) is 5.70. The van der Waals surface area contributed by atoms with Crippen molar-refractivity contribution < 1.29 is 0 Å². The summed E-state index contributed by atoms with van der Waals surface area (Å²) in [5, 5.41) is 0. The van der Waals surface area contributed by atoms with Crippen LogP contribution in [0.1, 0.15) is 11.3 Å². The Bertz CT molecular complexity index is 323. The van der Waals surface area contributed by atoms with Crippen molar-refractivity contribution in [1.82, 2.24) is 4.98 Å². The Hall–Kier alpha value is -0.570. The van der Waals surface area contributed by atoms with E-state index in [-0.39, 0.29) is 0 Å². The van der Waals surface area contributed by atoms with E-state index in [0.29, 0.717) is 0 Å². The lowest BCUT2D eigenvalue weighted by Gasteiger charge is -2.14.